The van der Waals surface area contributed by atoms with Crippen LogP contribution in [-0.4, -0.2) is 19.5 Å². The van der Waals surface area contributed by atoms with Gasteiger partial charge in [-0.1, -0.05) is 140 Å². The molecule has 0 bridgehead atoms. The van der Waals surface area contributed by atoms with Crippen molar-refractivity contribution in [1.82, 2.24) is 19.5 Å². The van der Waals surface area contributed by atoms with Gasteiger partial charge in [0.25, 0.3) is 0 Å². The molecule has 0 radical (unpaired) electrons. The molecule has 0 fully saturated rings. The van der Waals surface area contributed by atoms with Crippen LogP contribution in [0.15, 0.2) is 162 Å². The molecule has 0 aliphatic heterocycles. The molecule has 0 unspecified atom stereocenters. The molecular weight excluding hydrogens is 589 g/mol. The topological polar surface area (TPSA) is 56.7 Å². The molecule has 3 aromatic heterocycles. The van der Waals surface area contributed by atoms with Crippen LogP contribution in [0.4, 0.5) is 0 Å². The normalized spacial score (nSPS) is 11.8. The number of rotatable bonds is 4. The van der Waals surface area contributed by atoms with E-state index in [0.717, 1.165) is 71.4 Å². The fraction of sp³-hybridized carbons (Fsp3) is 0. The Kier molecular flexibility index (Phi) is 5.81. The molecule has 5 nitrogen and oxygen atoms in total. The molecule has 0 aliphatic carbocycles. The van der Waals surface area contributed by atoms with Gasteiger partial charge < -0.3 is 4.42 Å². The summed E-state index contributed by atoms with van der Waals surface area (Å²) in [5, 5.41) is 6.88. The number of nitrogens with zero attached hydrogens (tertiary/aromatic N) is 4. The Balaban J connectivity index is 1.19. The number of para-hydroxylation sites is 2. The van der Waals surface area contributed by atoms with Crippen molar-refractivity contribution in [2.75, 3.05) is 0 Å². The van der Waals surface area contributed by atoms with Crippen LogP contribution in [-0.2, 0) is 0 Å². The van der Waals surface area contributed by atoms with Gasteiger partial charge in [-0.05, 0) is 34.7 Å². The Labute approximate surface area is 275 Å². The van der Waals surface area contributed by atoms with E-state index in [4.69, 9.17) is 19.4 Å². The van der Waals surface area contributed by atoms with Crippen molar-refractivity contribution in [2.45, 2.75) is 0 Å². The molecular formula is C43H26N4O. The molecule has 3 heterocycles. The molecule has 224 valence electrons. The number of aromatic nitrogens is 4. The smallest absolute Gasteiger partial charge is 0.238 e. The lowest BCUT2D eigenvalue weighted by Crippen LogP contribution is -2.06. The summed E-state index contributed by atoms with van der Waals surface area (Å²) in [5.41, 5.74) is 7.98. The van der Waals surface area contributed by atoms with Crippen LogP contribution in [0, 0.1) is 0 Å². The molecule has 0 aliphatic rings. The summed E-state index contributed by atoms with van der Waals surface area (Å²) < 4.78 is 8.37. The minimum atomic E-state index is 0.583. The second kappa shape index (κ2) is 10.5. The van der Waals surface area contributed by atoms with Gasteiger partial charge in [-0.2, -0.15) is 9.97 Å². The van der Waals surface area contributed by atoms with Gasteiger partial charge in [0.1, 0.15) is 11.2 Å². The van der Waals surface area contributed by atoms with Crippen LogP contribution < -0.4 is 0 Å². The number of benzene rings is 7. The summed E-state index contributed by atoms with van der Waals surface area (Å²) in [6.45, 7) is 0. The highest BCUT2D eigenvalue weighted by molar-refractivity contribution is 6.18. The zero-order valence-electron chi connectivity index (χ0n) is 25.7. The van der Waals surface area contributed by atoms with E-state index in [9.17, 15) is 0 Å². The molecule has 0 saturated heterocycles. The first-order valence-corrected chi connectivity index (χ1v) is 16.0. The SMILES string of the molecule is c1ccc(-c2nc(-c3ccc(-c4cccc5oc6ccccc6c45)cc3)nc(-n3c4ccccc4c4ccc5ccccc5c43)n2)cc1. The molecule has 0 amide bonds. The first-order valence-electron chi connectivity index (χ1n) is 16.0. The maximum Gasteiger partial charge on any atom is 0.238 e. The molecule has 10 aromatic rings. The van der Waals surface area contributed by atoms with E-state index in [0.29, 0.717) is 17.6 Å². The Morgan fingerprint density at radius 3 is 1.90 bits per heavy atom. The fourth-order valence-corrected chi connectivity index (χ4v) is 7.06. The second-order valence-electron chi connectivity index (χ2n) is 12.0. The minimum absolute atomic E-state index is 0.583. The molecule has 0 atom stereocenters. The van der Waals surface area contributed by atoms with Crippen LogP contribution in [0.2, 0.25) is 0 Å². The van der Waals surface area contributed by atoms with Crippen molar-refractivity contribution >= 4 is 54.5 Å². The summed E-state index contributed by atoms with van der Waals surface area (Å²) in [7, 11) is 0. The van der Waals surface area contributed by atoms with Gasteiger partial charge in [-0.3, -0.25) is 4.57 Å². The van der Waals surface area contributed by atoms with Gasteiger partial charge in [0, 0.05) is 38.1 Å². The Morgan fingerprint density at radius 2 is 1.06 bits per heavy atom. The minimum Gasteiger partial charge on any atom is -0.456 e. The van der Waals surface area contributed by atoms with E-state index in [1.54, 1.807) is 0 Å². The average molecular weight is 615 g/mol. The van der Waals surface area contributed by atoms with Crippen molar-refractivity contribution < 1.29 is 4.42 Å². The molecule has 5 heteroatoms. The maximum absolute atomic E-state index is 6.17. The zero-order chi connectivity index (χ0) is 31.6. The standard InChI is InChI=1S/C43H26N4O/c1-2-12-29(13-3-1)41-44-42(30-23-21-28(22-24-30)31-17-10-20-38-39(31)35-16-7-9-19-37(35)48-38)46-43(45-41)47-36-18-8-6-15-33(36)34-26-25-27-11-4-5-14-32(27)40(34)47/h1-26H. The van der Waals surface area contributed by atoms with Crippen LogP contribution in [0.5, 0.6) is 0 Å². The van der Waals surface area contributed by atoms with Crippen LogP contribution in [0.3, 0.4) is 0 Å². The van der Waals surface area contributed by atoms with Crippen molar-refractivity contribution in [3.63, 3.8) is 0 Å². The fourth-order valence-electron chi connectivity index (χ4n) is 7.06. The first kappa shape index (κ1) is 26.6. The second-order valence-corrected chi connectivity index (χ2v) is 12.0. The highest BCUT2D eigenvalue weighted by atomic mass is 16.3. The maximum atomic E-state index is 6.17. The van der Waals surface area contributed by atoms with Crippen molar-refractivity contribution in [1.29, 1.82) is 0 Å². The van der Waals surface area contributed by atoms with E-state index in [1.807, 2.05) is 54.6 Å². The van der Waals surface area contributed by atoms with Gasteiger partial charge in [0.15, 0.2) is 11.6 Å². The monoisotopic (exact) mass is 614 g/mol. The van der Waals surface area contributed by atoms with E-state index >= 15 is 0 Å². The highest BCUT2D eigenvalue weighted by Gasteiger charge is 2.19. The summed E-state index contributed by atoms with van der Waals surface area (Å²) in [5.74, 6) is 1.82. The summed E-state index contributed by atoms with van der Waals surface area (Å²) >= 11 is 0. The molecule has 0 saturated carbocycles. The molecule has 0 spiro atoms. The van der Waals surface area contributed by atoms with E-state index in [1.165, 1.54) is 5.39 Å². The number of hydrogen-bond donors (Lipinski definition) is 0. The number of hydrogen-bond acceptors (Lipinski definition) is 4. The van der Waals surface area contributed by atoms with Crippen molar-refractivity contribution in [2.24, 2.45) is 0 Å². The lowest BCUT2D eigenvalue weighted by molar-refractivity contribution is 0.669. The lowest BCUT2D eigenvalue weighted by atomic mass is 9.98. The number of fused-ring (bicyclic) bond motifs is 8. The van der Waals surface area contributed by atoms with Gasteiger partial charge in [0.2, 0.25) is 5.95 Å². The van der Waals surface area contributed by atoms with Crippen LogP contribution in [0.1, 0.15) is 0 Å². The van der Waals surface area contributed by atoms with E-state index in [2.05, 4.69) is 108 Å². The summed E-state index contributed by atoms with van der Waals surface area (Å²) in [4.78, 5) is 15.4. The molecule has 10 rings (SSSR count). The third-order valence-electron chi connectivity index (χ3n) is 9.27. The Bertz CT molecular complexity index is 2830. The van der Waals surface area contributed by atoms with Crippen molar-refractivity contribution in [3.05, 3.63) is 158 Å². The zero-order valence-corrected chi connectivity index (χ0v) is 25.7. The molecule has 48 heavy (non-hydrogen) atoms. The van der Waals surface area contributed by atoms with Crippen LogP contribution >= 0.6 is 0 Å². The number of furan rings is 1. The highest BCUT2D eigenvalue weighted by Crippen LogP contribution is 2.38. The molecule has 7 aromatic carbocycles. The summed E-state index contributed by atoms with van der Waals surface area (Å²) in [6, 6.07) is 54.4. The predicted molar refractivity (Wildman–Crippen MR) is 195 cm³/mol. The van der Waals surface area contributed by atoms with Gasteiger partial charge in [0.05, 0.1) is 11.0 Å². The largest absolute Gasteiger partial charge is 0.456 e. The van der Waals surface area contributed by atoms with E-state index < -0.39 is 0 Å². The Morgan fingerprint density at radius 1 is 0.417 bits per heavy atom. The Hall–Kier alpha value is -6.59. The predicted octanol–water partition coefficient (Wildman–Crippen LogP) is 11.0. The molecule has 0 N–H and O–H groups in total. The average Bonchev–Trinajstić information content (AvgIpc) is 3.71. The lowest BCUT2D eigenvalue weighted by Gasteiger charge is -2.12. The van der Waals surface area contributed by atoms with Gasteiger partial charge in [-0.25, -0.2) is 4.98 Å². The first-order chi connectivity index (χ1) is 23.8. The van der Waals surface area contributed by atoms with Crippen LogP contribution in [0.25, 0.3) is 94.4 Å². The van der Waals surface area contributed by atoms with E-state index in [-0.39, 0.29) is 0 Å². The summed E-state index contributed by atoms with van der Waals surface area (Å²) in [6.07, 6.45) is 0. The quantitative estimate of drug-likeness (QED) is 0.198. The van der Waals surface area contributed by atoms with Crippen molar-refractivity contribution in [3.8, 4) is 39.9 Å². The third kappa shape index (κ3) is 4.08. The van der Waals surface area contributed by atoms with Gasteiger partial charge >= 0.3 is 0 Å². The third-order valence-corrected chi connectivity index (χ3v) is 9.27. The van der Waals surface area contributed by atoms with Gasteiger partial charge in [-0.15, -0.1) is 0 Å².